The lowest BCUT2D eigenvalue weighted by Crippen LogP contribution is -2.11. The smallest absolute Gasteiger partial charge is 0.227 e. The van der Waals surface area contributed by atoms with Gasteiger partial charge in [-0.15, -0.1) is 0 Å². The number of hydrogen-bond acceptors (Lipinski definition) is 2. The molecule has 0 aliphatic carbocycles. The number of fused-ring (bicyclic) bond motifs is 2. The fourth-order valence-corrected chi connectivity index (χ4v) is 3.05. The molecule has 1 heterocycles. The molecular formula is C21H19NO. The number of oxazole rings is 1. The Morgan fingerprint density at radius 3 is 2.39 bits per heavy atom. The van der Waals surface area contributed by atoms with E-state index in [1.54, 1.807) is 0 Å². The molecule has 4 aromatic rings. The molecule has 0 unspecified atom stereocenters. The van der Waals surface area contributed by atoms with Gasteiger partial charge >= 0.3 is 0 Å². The number of rotatable bonds is 1. The van der Waals surface area contributed by atoms with Crippen LogP contribution in [0.4, 0.5) is 0 Å². The Morgan fingerprint density at radius 2 is 1.61 bits per heavy atom. The first kappa shape index (κ1) is 14.0. The Hall–Kier alpha value is -2.61. The van der Waals surface area contributed by atoms with Gasteiger partial charge in [0.2, 0.25) is 5.89 Å². The summed E-state index contributed by atoms with van der Waals surface area (Å²) in [6, 6.07) is 20.8. The van der Waals surface area contributed by atoms with Gasteiger partial charge in [0.15, 0.2) is 5.58 Å². The Kier molecular flexibility index (Phi) is 3.02. The Bertz CT molecular complexity index is 972. The summed E-state index contributed by atoms with van der Waals surface area (Å²) >= 11 is 0. The molecule has 4 rings (SSSR count). The molecule has 0 spiro atoms. The van der Waals surface area contributed by atoms with Crippen LogP contribution in [0.2, 0.25) is 0 Å². The van der Waals surface area contributed by atoms with Gasteiger partial charge in [0.05, 0.1) is 0 Å². The van der Waals surface area contributed by atoms with Crippen LogP contribution in [0, 0.1) is 0 Å². The van der Waals surface area contributed by atoms with Crippen LogP contribution in [0.15, 0.2) is 65.1 Å². The van der Waals surface area contributed by atoms with E-state index >= 15 is 0 Å². The molecule has 1 aromatic heterocycles. The van der Waals surface area contributed by atoms with Crippen LogP contribution in [0.5, 0.6) is 0 Å². The van der Waals surface area contributed by atoms with Crippen LogP contribution in [-0.2, 0) is 5.41 Å². The van der Waals surface area contributed by atoms with Crippen molar-refractivity contribution in [1.82, 2.24) is 4.98 Å². The third-order valence-corrected chi connectivity index (χ3v) is 4.21. The molecule has 114 valence electrons. The number of para-hydroxylation sites is 2. The molecule has 0 aliphatic rings. The Morgan fingerprint density at radius 1 is 0.870 bits per heavy atom. The molecule has 0 bridgehead atoms. The first-order valence-corrected chi connectivity index (χ1v) is 7.91. The molecule has 2 nitrogen and oxygen atoms in total. The Labute approximate surface area is 135 Å². The van der Waals surface area contributed by atoms with Crippen LogP contribution >= 0.6 is 0 Å². The molecular weight excluding hydrogens is 282 g/mol. The van der Waals surface area contributed by atoms with Crippen molar-refractivity contribution < 1.29 is 4.42 Å². The second-order valence-electron chi connectivity index (χ2n) is 6.98. The highest BCUT2D eigenvalue weighted by atomic mass is 16.3. The van der Waals surface area contributed by atoms with Crippen molar-refractivity contribution in [2.75, 3.05) is 0 Å². The van der Waals surface area contributed by atoms with Crippen molar-refractivity contribution in [3.63, 3.8) is 0 Å². The molecule has 0 saturated carbocycles. The van der Waals surface area contributed by atoms with E-state index in [1.165, 1.54) is 16.3 Å². The number of aromatic nitrogens is 1. The maximum absolute atomic E-state index is 5.96. The van der Waals surface area contributed by atoms with Gasteiger partial charge in [0, 0.05) is 5.56 Å². The van der Waals surface area contributed by atoms with Crippen LogP contribution in [0.3, 0.4) is 0 Å². The van der Waals surface area contributed by atoms with E-state index in [9.17, 15) is 0 Å². The number of hydrogen-bond donors (Lipinski definition) is 0. The molecule has 0 saturated heterocycles. The van der Waals surface area contributed by atoms with Gasteiger partial charge < -0.3 is 4.42 Å². The van der Waals surface area contributed by atoms with Crippen molar-refractivity contribution in [3.8, 4) is 11.5 Å². The van der Waals surface area contributed by atoms with E-state index in [-0.39, 0.29) is 5.41 Å². The van der Waals surface area contributed by atoms with E-state index in [1.807, 2.05) is 24.3 Å². The standard InChI is InChI=1S/C21H19NO/c1-21(2,3)17-13-15(12-14-8-4-5-9-16(14)17)20-22-18-10-6-7-11-19(18)23-20/h4-13H,1-3H3. The van der Waals surface area contributed by atoms with Gasteiger partial charge in [0.25, 0.3) is 0 Å². The van der Waals surface area contributed by atoms with E-state index in [0.717, 1.165) is 16.7 Å². The van der Waals surface area contributed by atoms with E-state index in [2.05, 4.69) is 62.2 Å². The van der Waals surface area contributed by atoms with Gasteiger partial charge in [-0.3, -0.25) is 0 Å². The third kappa shape index (κ3) is 2.40. The minimum atomic E-state index is 0.0572. The average molecular weight is 301 g/mol. The molecule has 0 aliphatic heterocycles. The molecule has 0 radical (unpaired) electrons. The molecule has 0 N–H and O–H groups in total. The van der Waals surface area contributed by atoms with Crippen molar-refractivity contribution in [1.29, 1.82) is 0 Å². The summed E-state index contributed by atoms with van der Waals surface area (Å²) in [5.41, 5.74) is 4.13. The first-order valence-electron chi connectivity index (χ1n) is 7.91. The lowest BCUT2D eigenvalue weighted by atomic mass is 9.82. The van der Waals surface area contributed by atoms with Crippen LogP contribution in [0.25, 0.3) is 33.3 Å². The molecule has 23 heavy (non-hydrogen) atoms. The predicted octanol–water partition coefficient (Wildman–Crippen LogP) is 5.95. The van der Waals surface area contributed by atoms with Crippen LogP contribution in [0.1, 0.15) is 26.3 Å². The van der Waals surface area contributed by atoms with Gasteiger partial charge in [-0.2, -0.15) is 0 Å². The average Bonchev–Trinajstić information content (AvgIpc) is 2.97. The van der Waals surface area contributed by atoms with Crippen LogP contribution in [-0.4, -0.2) is 4.98 Å². The van der Waals surface area contributed by atoms with Crippen molar-refractivity contribution in [2.45, 2.75) is 26.2 Å². The normalized spacial score (nSPS) is 12.1. The number of benzene rings is 3. The first-order chi connectivity index (χ1) is 11.0. The molecule has 0 amide bonds. The lowest BCUT2D eigenvalue weighted by Gasteiger charge is -2.22. The summed E-state index contributed by atoms with van der Waals surface area (Å²) in [5.74, 6) is 0.683. The molecule has 3 aromatic carbocycles. The fourth-order valence-electron chi connectivity index (χ4n) is 3.05. The van der Waals surface area contributed by atoms with Gasteiger partial charge in [-0.05, 0) is 46.0 Å². The fraction of sp³-hybridized carbons (Fsp3) is 0.190. The second kappa shape index (κ2) is 4.95. The maximum Gasteiger partial charge on any atom is 0.227 e. The highest BCUT2D eigenvalue weighted by molar-refractivity contribution is 5.91. The lowest BCUT2D eigenvalue weighted by molar-refractivity contribution is 0.594. The van der Waals surface area contributed by atoms with E-state index in [0.29, 0.717) is 5.89 Å². The van der Waals surface area contributed by atoms with Gasteiger partial charge in [0.1, 0.15) is 5.52 Å². The zero-order chi connectivity index (χ0) is 16.0. The molecule has 0 atom stereocenters. The Balaban J connectivity index is 2.00. The van der Waals surface area contributed by atoms with Crippen molar-refractivity contribution in [3.05, 3.63) is 66.2 Å². The minimum Gasteiger partial charge on any atom is -0.436 e. The summed E-state index contributed by atoms with van der Waals surface area (Å²) in [5, 5.41) is 2.51. The predicted molar refractivity (Wildman–Crippen MR) is 95.7 cm³/mol. The van der Waals surface area contributed by atoms with Crippen molar-refractivity contribution >= 4 is 21.9 Å². The van der Waals surface area contributed by atoms with E-state index in [4.69, 9.17) is 4.42 Å². The summed E-state index contributed by atoms with van der Waals surface area (Å²) in [6.07, 6.45) is 0. The largest absolute Gasteiger partial charge is 0.436 e. The maximum atomic E-state index is 5.96. The minimum absolute atomic E-state index is 0.0572. The summed E-state index contributed by atoms with van der Waals surface area (Å²) in [7, 11) is 0. The third-order valence-electron chi connectivity index (χ3n) is 4.21. The quantitative estimate of drug-likeness (QED) is 0.434. The highest BCUT2D eigenvalue weighted by Gasteiger charge is 2.19. The second-order valence-corrected chi connectivity index (χ2v) is 6.98. The molecule has 2 heteroatoms. The monoisotopic (exact) mass is 301 g/mol. The summed E-state index contributed by atoms with van der Waals surface area (Å²) < 4.78 is 5.96. The highest BCUT2D eigenvalue weighted by Crippen LogP contribution is 2.35. The van der Waals surface area contributed by atoms with E-state index < -0.39 is 0 Å². The van der Waals surface area contributed by atoms with Crippen molar-refractivity contribution in [2.24, 2.45) is 0 Å². The molecule has 0 fully saturated rings. The summed E-state index contributed by atoms with van der Waals surface area (Å²) in [4.78, 5) is 4.65. The van der Waals surface area contributed by atoms with Gasteiger partial charge in [-0.1, -0.05) is 57.2 Å². The van der Waals surface area contributed by atoms with Crippen LogP contribution < -0.4 is 0 Å². The zero-order valence-electron chi connectivity index (χ0n) is 13.6. The zero-order valence-corrected chi connectivity index (χ0v) is 13.6. The SMILES string of the molecule is CC(C)(C)c1cc(-c2nc3ccccc3o2)cc2ccccc12. The van der Waals surface area contributed by atoms with Gasteiger partial charge in [-0.25, -0.2) is 4.98 Å². The summed E-state index contributed by atoms with van der Waals surface area (Å²) in [6.45, 7) is 6.72. The topological polar surface area (TPSA) is 26.0 Å². The number of nitrogens with zero attached hydrogens (tertiary/aromatic N) is 1.